The van der Waals surface area contributed by atoms with Gasteiger partial charge in [-0.2, -0.15) is 10.5 Å². The second-order valence-corrected chi connectivity index (χ2v) is 6.31. The summed E-state index contributed by atoms with van der Waals surface area (Å²) < 4.78 is 15.4. The van der Waals surface area contributed by atoms with Crippen molar-refractivity contribution in [3.8, 4) is 40.5 Å². The first-order valence-corrected chi connectivity index (χ1v) is 8.71. The van der Waals surface area contributed by atoms with E-state index in [1.807, 2.05) is 6.07 Å². The van der Waals surface area contributed by atoms with Crippen LogP contribution in [0.2, 0.25) is 0 Å². The molecule has 0 radical (unpaired) electrons. The highest BCUT2D eigenvalue weighted by atomic mass is 32.2. The van der Waals surface area contributed by atoms with E-state index in [0.29, 0.717) is 28.5 Å². The second kappa shape index (κ2) is 8.99. The van der Waals surface area contributed by atoms with E-state index in [9.17, 15) is 15.6 Å². The van der Waals surface area contributed by atoms with E-state index in [1.165, 1.54) is 38.1 Å². The Morgan fingerprint density at radius 3 is 2.19 bits per heavy atom. The predicted molar refractivity (Wildman–Crippen MR) is 101 cm³/mol. The molecule has 27 heavy (non-hydrogen) atoms. The third-order valence-corrected chi connectivity index (χ3v) is 4.65. The van der Waals surface area contributed by atoms with Gasteiger partial charge in [0, 0.05) is 18.4 Å². The number of thioether (sulfide) groups is 1. The Kier molecular flexibility index (Phi) is 6.72. The standard InChI is InChI=1S/C18H18N4O4S/c1-24-4-5-27-18-12(9-20)15(11(8-19)17(21)22-18)10-6-13(25-2)16(23)14(7-10)26-3/h6-7,23H,4-5H2,1-3H3,(H2,21,22). The number of ether oxygens (including phenoxy) is 3. The first-order chi connectivity index (χ1) is 13.0. The van der Waals surface area contributed by atoms with Gasteiger partial charge in [0.15, 0.2) is 11.5 Å². The van der Waals surface area contributed by atoms with Crippen LogP contribution >= 0.6 is 11.8 Å². The van der Waals surface area contributed by atoms with Gasteiger partial charge in [0.05, 0.1) is 26.4 Å². The van der Waals surface area contributed by atoms with Crippen LogP contribution < -0.4 is 15.2 Å². The number of aromatic nitrogens is 1. The van der Waals surface area contributed by atoms with Gasteiger partial charge in [0.25, 0.3) is 0 Å². The largest absolute Gasteiger partial charge is 0.502 e. The number of anilines is 1. The number of hydrogen-bond donors (Lipinski definition) is 2. The molecule has 140 valence electrons. The van der Waals surface area contributed by atoms with Gasteiger partial charge in [0.2, 0.25) is 5.75 Å². The van der Waals surface area contributed by atoms with Crippen LogP contribution in [0.15, 0.2) is 17.2 Å². The van der Waals surface area contributed by atoms with Crippen LogP contribution in [0.4, 0.5) is 5.82 Å². The SMILES string of the molecule is COCCSc1nc(N)c(C#N)c(-c2cc(OC)c(O)c(OC)c2)c1C#N. The monoisotopic (exact) mass is 386 g/mol. The van der Waals surface area contributed by atoms with Crippen molar-refractivity contribution in [2.75, 3.05) is 39.4 Å². The van der Waals surface area contributed by atoms with Crippen molar-refractivity contribution in [1.29, 1.82) is 10.5 Å². The Balaban J connectivity index is 2.79. The van der Waals surface area contributed by atoms with Crippen molar-refractivity contribution in [2.45, 2.75) is 5.03 Å². The van der Waals surface area contributed by atoms with E-state index in [1.54, 1.807) is 7.11 Å². The lowest BCUT2D eigenvalue weighted by atomic mass is 9.96. The molecule has 1 aromatic carbocycles. The minimum Gasteiger partial charge on any atom is -0.502 e. The summed E-state index contributed by atoms with van der Waals surface area (Å²) in [7, 11) is 4.36. The summed E-state index contributed by atoms with van der Waals surface area (Å²) in [6.45, 7) is 0.466. The van der Waals surface area contributed by atoms with Crippen LogP contribution in [0.25, 0.3) is 11.1 Å². The quantitative estimate of drug-likeness (QED) is 0.543. The van der Waals surface area contributed by atoms with E-state index in [2.05, 4.69) is 11.1 Å². The Bertz CT molecular complexity index is 909. The fourth-order valence-electron chi connectivity index (χ4n) is 2.45. The number of aromatic hydroxyl groups is 1. The van der Waals surface area contributed by atoms with Crippen LogP contribution in [-0.2, 0) is 4.74 Å². The zero-order chi connectivity index (χ0) is 20.0. The third kappa shape index (κ3) is 4.00. The normalized spacial score (nSPS) is 10.1. The maximum atomic E-state index is 10.1. The molecule has 0 aliphatic carbocycles. The van der Waals surface area contributed by atoms with Crippen molar-refractivity contribution in [2.24, 2.45) is 0 Å². The molecular formula is C18H18N4O4S. The average molecular weight is 386 g/mol. The molecule has 0 amide bonds. The van der Waals surface area contributed by atoms with Crippen LogP contribution in [0, 0.1) is 22.7 Å². The lowest BCUT2D eigenvalue weighted by Crippen LogP contribution is -2.04. The molecule has 0 saturated carbocycles. The summed E-state index contributed by atoms with van der Waals surface area (Å²) in [5, 5.41) is 29.8. The average Bonchev–Trinajstić information content (AvgIpc) is 2.68. The number of hydrogen-bond acceptors (Lipinski definition) is 9. The molecule has 1 heterocycles. The van der Waals surface area contributed by atoms with Gasteiger partial charge in [-0.3, -0.25) is 0 Å². The second-order valence-electron chi connectivity index (χ2n) is 5.22. The van der Waals surface area contributed by atoms with Crippen LogP contribution in [0.3, 0.4) is 0 Å². The smallest absolute Gasteiger partial charge is 0.200 e. The van der Waals surface area contributed by atoms with Crippen molar-refractivity contribution in [3.05, 3.63) is 23.3 Å². The number of nitriles is 2. The highest BCUT2D eigenvalue weighted by Gasteiger charge is 2.23. The Morgan fingerprint density at radius 2 is 1.70 bits per heavy atom. The number of rotatable bonds is 7. The third-order valence-electron chi connectivity index (χ3n) is 3.71. The number of methoxy groups -OCH3 is 3. The Morgan fingerprint density at radius 1 is 1.11 bits per heavy atom. The van der Waals surface area contributed by atoms with Crippen molar-refractivity contribution in [3.63, 3.8) is 0 Å². The summed E-state index contributed by atoms with van der Waals surface area (Å²) >= 11 is 1.30. The minimum absolute atomic E-state index is 0.0115. The number of nitrogens with zero attached hydrogens (tertiary/aromatic N) is 3. The zero-order valence-corrected chi connectivity index (χ0v) is 15.9. The van der Waals surface area contributed by atoms with Gasteiger partial charge < -0.3 is 25.1 Å². The van der Waals surface area contributed by atoms with E-state index in [4.69, 9.17) is 19.9 Å². The summed E-state index contributed by atoms with van der Waals surface area (Å²) in [4.78, 5) is 4.20. The molecule has 0 fully saturated rings. The molecule has 2 aromatic rings. The molecule has 8 nitrogen and oxygen atoms in total. The molecule has 0 aliphatic rings. The molecular weight excluding hydrogens is 368 g/mol. The fourth-order valence-corrected chi connectivity index (χ4v) is 3.35. The van der Waals surface area contributed by atoms with Crippen molar-refractivity contribution >= 4 is 17.6 Å². The van der Waals surface area contributed by atoms with Gasteiger partial charge in [-0.05, 0) is 17.7 Å². The Labute approximate surface area is 161 Å². The number of benzene rings is 1. The Hall–Kier alpha value is -3.14. The van der Waals surface area contributed by atoms with E-state index in [0.717, 1.165) is 0 Å². The van der Waals surface area contributed by atoms with Gasteiger partial charge in [-0.15, -0.1) is 11.8 Å². The summed E-state index contributed by atoms with van der Waals surface area (Å²) in [5.41, 5.74) is 6.99. The molecule has 0 spiro atoms. The van der Waals surface area contributed by atoms with Gasteiger partial charge in [-0.25, -0.2) is 4.98 Å². The molecule has 0 aliphatic heterocycles. The number of nitrogen functional groups attached to an aromatic ring is 1. The van der Waals surface area contributed by atoms with E-state index >= 15 is 0 Å². The maximum Gasteiger partial charge on any atom is 0.200 e. The highest BCUT2D eigenvalue weighted by Crippen LogP contribution is 2.43. The first kappa shape index (κ1) is 20.2. The fraction of sp³-hybridized carbons (Fsp3) is 0.278. The van der Waals surface area contributed by atoms with Crippen LogP contribution in [-0.4, -0.2) is 43.8 Å². The van der Waals surface area contributed by atoms with Crippen molar-refractivity contribution < 1.29 is 19.3 Å². The topological polar surface area (TPSA) is 134 Å². The minimum atomic E-state index is -0.183. The number of nitrogens with two attached hydrogens (primary N) is 1. The molecule has 9 heteroatoms. The van der Waals surface area contributed by atoms with Gasteiger partial charge in [0.1, 0.15) is 28.5 Å². The number of phenols is 1. The number of pyridine rings is 1. The van der Waals surface area contributed by atoms with Gasteiger partial charge in [-0.1, -0.05) is 0 Å². The van der Waals surface area contributed by atoms with Crippen LogP contribution in [0.5, 0.6) is 17.2 Å². The van der Waals surface area contributed by atoms with E-state index < -0.39 is 0 Å². The van der Waals surface area contributed by atoms with Gasteiger partial charge >= 0.3 is 0 Å². The molecule has 2 rings (SSSR count). The molecule has 1 aromatic heterocycles. The van der Waals surface area contributed by atoms with Crippen molar-refractivity contribution in [1.82, 2.24) is 4.98 Å². The molecule has 0 unspecified atom stereocenters. The van der Waals surface area contributed by atoms with Crippen LogP contribution in [0.1, 0.15) is 11.1 Å². The predicted octanol–water partition coefficient (Wildman–Crippen LogP) is 2.54. The maximum absolute atomic E-state index is 10.1. The lowest BCUT2D eigenvalue weighted by molar-refractivity contribution is 0.218. The molecule has 0 saturated heterocycles. The van der Waals surface area contributed by atoms with E-state index in [-0.39, 0.29) is 34.2 Å². The lowest BCUT2D eigenvalue weighted by Gasteiger charge is -2.15. The summed E-state index contributed by atoms with van der Waals surface area (Å²) in [6.07, 6.45) is 0. The zero-order valence-electron chi connectivity index (χ0n) is 15.1. The number of phenolic OH excluding ortho intramolecular Hbond substituents is 1. The summed E-state index contributed by atoms with van der Waals surface area (Å²) in [5.74, 6) is 0.669. The molecule has 0 atom stereocenters. The molecule has 0 bridgehead atoms. The first-order valence-electron chi connectivity index (χ1n) is 7.73. The summed E-state index contributed by atoms with van der Waals surface area (Å²) in [6, 6.07) is 7.13. The molecule has 3 N–H and O–H groups in total. The highest BCUT2D eigenvalue weighted by molar-refractivity contribution is 7.99.